The second-order valence-electron chi connectivity index (χ2n) is 5.06. The third kappa shape index (κ3) is 2.64. The molecule has 20 heavy (non-hydrogen) atoms. The Balaban J connectivity index is 2.37. The fraction of sp³-hybridized carbons (Fsp3) is 0.250. The summed E-state index contributed by atoms with van der Waals surface area (Å²) in [6.45, 7) is 7.97. The molecule has 0 aliphatic rings. The van der Waals surface area contributed by atoms with E-state index in [0.29, 0.717) is 11.5 Å². The number of nitrogens with two attached hydrogens (primary N) is 1. The fourth-order valence-corrected chi connectivity index (χ4v) is 2.23. The van der Waals surface area contributed by atoms with E-state index in [1.807, 2.05) is 27.7 Å². The molecule has 4 nitrogen and oxygen atoms in total. The van der Waals surface area contributed by atoms with Crippen molar-refractivity contribution in [3.8, 4) is 0 Å². The molecular formula is C16H19N3O. The number of hydrogen-bond donors (Lipinski definition) is 2. The van der Waals surface area contributed by atoms with Gasteiger partial charge in [0, 0.05) is 5.56 Å². The lowest BCUT2D eigenvalue weighted by molar-refractivity contribution is 0.102. The summed E-state index contributed by atoms with van der Waals surface area (Å²) in [6, 6.07) is 5.51. The number of nitrogens with one attached hydrogen (secondary N) is 1. The summed E-state index contributed by atoms with van der Waals surface area (Å²) in [6.07, 6.45) is 1.56. The van der Waals surface area contributed by atoms with E-state index in [-0.39, 0.29) is 5.91 Å². The number of benzene rings is 1. The zero-order chi connectivity index (χ0) is 14.9. The number of pyridine rings is 1. The molecular weight excluding hydrogens is 250 g/mol. The van der Waals surface area contributed by atoms with Crippen molar-refractivity contribution >= 4 is 17.4 Å². The lowest BCUT2D eigenvalue weighted by Crippen LogP contribution is -2.16. The van der Waals surface area contributed by atoms with Gasteiger partial charge in [-0.2, -0.15) is 0 Å². The van der Waals surface area contributed by atoms with Crippen LogP contribution in [0.2, 0.25) is 0 Å². The van der Waals surface area contributed by atoms with Crippen LogP contribution in [0.1, 0.15) is 32.6 Å². The zero-order valence-corrected chi connectivity index (χ0v) is 12.2. The number of hydrogen-bond acceptors (Lipinski definition) is 3. The summed E-state index contributed by atoms with van der Waals surface area (Å²) in [4.78, 5) is 16.4. The molecule has 2 rings (SSSR count). The molecule has 0 saturated heterocycles. The van der Waals surface area contributed by atoms with Crippen LogP contribution in [-0.2, 0) is 0 Å². The van der Waals surface area contributed by atoms with Crippen LogP contribution in [0.5, 0.6) is 0 Å². The highest BCUT2D eigenvalue weighted by Crippen LogP contribution is 2.22. The number of anilines is 2. The van der Waals surface area contributed by atoms with E-state index < -0.39 is 0 Å². The minimum atomic E-state index is -0.113. The van der Waals surface area contributed by atoms with Crippen LogP contribution in [0.3, 0.4) is 0 Å². The average molecular weight is 269 g/mol. The number of rotatable bonds is 2. The van der Waals surface area contributed by atoms with Crippen LogP contribution in [-0.4, -0.2) is 10.9 Å². The molecule has 0 fully saturated rings. The van der Waals surface area contributed by atoms with Crippen LogP contribution in [0.4, 0.5) is 11.5 Å². The summed E-state index contributed by atoms with van der Waals surface area (Å²) >= 11 is 0. The van der Waals surface area contributed by atoms with Crippen molar-refractivity contribution in [2.45, 2.75) is 27.7 Å². The summed E-state index contributed by atoms with van der Waals surface area (Å²) in [5.74, 6) is 0.320. The smallest absolute Gasteiger partial charge is 0.256 e. The molecule has 2 aromatic rings. The van der Waals surface area contributed by atoms with Crippen molar-refractivity contribution in [3.63, 3.8) is 0 Å². The third-order valence-electron chi connectivity index (χ3n) is 3.64. The van der Waals surface area contributed by atoms with Gasteiger partial charge in [-0.3, -0.25) is 4.79 Å². The van der Waals surface area contributed by atoms with E-state index in [1.54, 1.807) is 18.3 Å². The lowest BCUT2D eigenvalue weighted by atomic mass is 9.94. The summed E-state index contributed by atoms with van der Waals surface area (Å²) < 4.78 is 0. The van der Waals surface area contributed by atoms with E-state index in [2.05, 4.69) is 16.4 Å². The molecule has 3 N–H and O–H groups in total. The van der Waals surface area contributed by atoms with Crippen LogP contribution in [0.15, 0.2) is 24.4 Å². The highest BCUT2D eigenvalue weighted by atomic mass is 16.1. The van der Waals surface area contributed by atoms with Gasteiger partial charge in [-0.15, -0.1) is 0 Å². The number of aryl methyl sites for hydroxylation is 2. The zero-order valence-electron chi connectivity index (χ0n) is 12.2. The average Bonchev–Trinajstić information content (AvgIpc) is 2.39. The molecule has 0 aliphatic carbocycles. The van der Waals surface area contributed by atoms with Gasteiger partial charge in [0.05, 0.1) is 11.9 Å². The van der Waals surface area contributed by atoms with Gasteiger partial charge in [0.25, 0.3) is 5.91 Å². The minimum absolute atomic E-state index is 0.113. The summed E-state index contributed by atoms with van der Waals surface area (Å²) in [5, 5.41) is 2.86. The summed E-state index contributed by atoms with van der Waals surface area (Å²) in [7, 11) is 0. The molecule has 0 unspecified atom stereocenters. The summed E-state index contributed by atoms with van der Waals surface area (Å²) in [5.41, 5.74) is 11.2. The maximum Gasteiger partial charge on any atom is 0.256 e. The molecule has 0 saturated carbocycles. The van der Waals surface area contributed by atoms with Gasteiger partial charge in [-0.25, -0.2) is 4.98 Å². The molecule has 0 radical (unpaired) electrons. The molecule has 1 aromatic carbocycles. The molecule has 104 valence electrons. The largest absolute Gasteiger partial charge is 0.384 e. The molecule has 0 atom stereocenters. The Bertz CT molecular complexity index is 634. The van der Waals surface area contributed by atoms with Crippen LogP contribution < -0.4 is 11.1 Å². The number of carbonyl (C=O) groups excluding carboxylic acids is 1. The Hall–Kier alpha value is -2.36. The number of carbonyl (C=O) groups is 1. The van der Waals surface area contributed by atoms with Crippen molar-refractivity contribution in [3.05, 3.63) is 52.2 Å². The standard InChI is InChI=1S/C16H19N3O/c1-9-7-10(2)12(4)15(11(9)3)16(20)19-13-5-6-14(17)18-8-13/h5-8H,1-4H3,(H2,17,18)(H,19,20). The van der Waals surface area contributed by atoms with Crippen LogP contribution >= 0.6 is 0 Å². The molecule has 1 heterocycles. The van der Waals surface area contributed by atoms with E-state index in [1.165, 1.54) is 0 Å². The van der Waals surface area contributed by atoms with Crippen molar-refractivity contribution in [1.29, 1.82) is 0 Å². The van der Waals surface area contributed by atoms with E-state index in [9.17, 15) is 4.79 Å². The predicted octanol–water partition coefficient (Wildman–Crippen LogP) is 3.15. The first kappa shape index (κ1) is 14.1. The number of aromatic nitrogens is 1. The van der Waals surface area contributed by atoms with Crippen LogP contribution in [0, 0.1) is 27.7 Å². The second-order valence-corrected chi connectivity index (χ2v) is 5.06. The van der Waals surface area contributed by atoms with Gasteiger partial charge in [-0.1, -0.05) is 6.07 Å². The number of nitrogen functional groups attached to an aromatic ring is 1. The Morgan fingerprint density at radius 1 is 1.10 bits per heavy atom. The van der Waals surface area contributed by atoms with Gasteiger partial charge in [0.1, 0.15) is 5.82 Å². The molecule has 1 aromatic heterocycles. The quantitative estimate of drug-likeness (QED) is 0.880. The van der Waals surface area contributed by atoms with Crippen molar-refractivity contribution < 1.29 is 4.79 Å². The van der Waals surface area contributed by atoms with Crippen molar-refractivity contribution in [2.75, 3.05) is 11.1 Å². The Labute approximate surface area is 119 Å². The van der Waals surface area contributed by atoms with E-state index in [4.69, 9.17) is 5.73 Å². The van der Waals surface area contributed by atoms with Crippen molar-refractivity contribution in [2.24, 2.45) is 0 Å². The second kappa shape index (κ2) is 5.33. The highest BCUT2D eigenvalue weighted by molar-refractivity contribution is 6.06. The fourth-order valence-electron chi connectivity index (χ4n) is 2.23. The lowest BCUT2D eigenvalue weighted by Gasteiger charge is -2.15. The molecule has 0 bridgehead atoms. The van der Waals surface area contributed by atoms with Gasteiger partial charge in [0.15, 0.2) is 0 Å². The Morgan fingerprint density at radius 3 is 2.20 bits per heavy atom. The van der Waals surface area contributed by atoms with Gasteiger partial charge < -0.3 is 11.1 Å². The Kier molecular flexibility index (Phi) is 3.74. The van der Waals surface area contributed by atoms with Crippen molar-refractivity contribution in [1.82, 2.24) is 4.98 Å². The van der Waals surface area contributed by atoms with Gasteiger partial charge >= 0.3 is 0 Å². The molecule has 0 aliphatic heterocycles. The predicted molar refractivity (Wildman–Crippen MR) is 82.0 cm³/mol. The van der Waals surface area contributed by atoms with Gasteiger partial charge in [0.2, 0.25) is 0 Å². The first-order valence-electron chi connectivity index (χ1n) is 6.50. The monoisotopic (exact) mass is 269 g/mol. The molecule has 4 heteroatoms. The topological polar surface area (TPSA) is 68.0 Å². The number of amides is 1. The third-order valence-corrected chi connectivity index (χ3v) is 3.64. The Morgan fingerprint density at radius 2 is 1.70 bits per heavy atom. The SMILES string of the molecule is Cc1cc(C)c(C)c(C(=O)Nc2ccc(N)nc2)c1C. The highest BCUT2D eigenvalue weighted by Gasteiger charge is 2.15. The number of nitrogens with zero attached hydrogens (tertiary/aromatic N) is 1. The normalized spacial score (nSPS) is 10.4. The molecule has 0 spiro atoms. The van der Waals surface area contributed by atoms with Crippen LogP contribution in [0.25, 0.3) is 0 Å². The van der Waals surface area contributed by atoms with E-state index in [0.717, 1.165) is 27.8 Å². The minimum Gasteiger partial charge on any atom is -0.384 e. The van der Waals surface area contributed by atoms with Gasteiger partial charge in [-0.05, 0) is 62.1 Å². The maximum absolute atomic E-state index is 12.5. The molecule has 1 amide bonds. The first-order valence-corrected chi connectivity index (χ1v) is 6.50. The maximum atomic E-state index is 12.5. The first-order chi connectivity index (χ1) is 9.40. The van der Waals surface area contributed by atoms with E-state index >= 15 is 0 Å².